The first-order valence-corrected chi connectivity index (χ1v) is 7.89. The van der Waals surface area contributed by atoms with E-state index >= 15 is 0 Å². The number of aryl methyl sites for hydroxylation is 1. The lowest BCUT2D eigenvalue weighted by Gasteiger charge is -2.13. The number of H-pyrrole nitrogens is 3. The highest BCUT2D eigenvalue weighted by molar-refractivity contribution is 6.20. The molecule has 1 aromatic carbocycles. The number of hydrogen-bond acceptors (Lipinski definition) is 6. The van der Waals surface area contributed by atoms with Gasteiger partial charge in [0.1, 0.15) is 5.65 Å². The van der Waals surface area contributed by atoms with Crippen LogP contribution in [0.4, 0.5) is 0 Å². The molecule has 2 aromatic heterocycles. The second-order valence-electron chi connectivity index (χ2n) is 5.98. The topological polar surface area (TPSA) is 145 Å². The average molecular weight is 368 g/mol. The van der Waals surface area contributed by atoms with Crippen molar-refractivity contribution in [3.63, 3.8) is 0 Å². The molecule has 3 aromatic rings. The van der Waals surface area contributed by atoms with Gasteiger partial charge in [0.15, 0.2) is 0 Å². The van der Waals surface area contributed by atoms with Crippen molar-refractivity contribution in [1.29, 1.82) is 0 Å². The molecule has 4 rings (SSSR count). The Labute approximate surface area is 149 Å². The van der Waals surface area contributed by atoms with Gasteiger partial charge in [-0.05, 0) is 24.6 Å². The quantitative estimate of drug-likeness (QED) is 0.561. The SMILES string of the molecule is Cc1c(CC(=O)ON2C(=O)c3ccccc3C2=O)c(=O)[nH]c2[nH][nH]c(=O)c12. The molecule has 2 amide bonds. The van der Waals surface area contributed by atoms with Crippen LogP contribution in [0.3, 0.4) is 0 Å². The Bertz CT molecular complexity index is 1210. The van der Waals surface area contributed by atoms with Gasteiger partial charge in [-0.2, -0.15) is 0 Å². The van der Waals surface area contributed by atoms with E-state index in [1.807, 2.05) is 0 Å². The number of hydrogen-bond donors (Lipinski definition) is 3. The summed E-state index contributed by atoms with van der Waals surface area (Å²) in [5, 5.41) is 5.44. The summed E-state index contributed by atoms with van der Waals surface area (Å²) in [5.41, 5.74) is -0.262. The maximum absolute atomic E-state index is 12.3. The van der Waals surface area contributed by atoms with Crippen LogP contribution in [0, 0.1) is 6.92 Å². The summed E-state index contributed by atoms with van der Waals surface area (Å²) in [6.07, 6.45) is -0.519. The van der Waals surface area contributed by atoms with E-state index in [4.69, 9.17) is 4.84 Å². The Morgan fingerprint density at radius 3 is 2.26 bits per heavy atom. The highest BCUT2D eigenvalue weighted by Gasteiger charge is 2.38. The molecule has 0 saturated heterocycles. The summed E-state index contributed by atoms with van der Waals surface area (Å²) in [6.45, 7) is 1.52. The molecule has 1 aliphatic heterocycles. The third-order valence-electron chi connectivity index (χ3n) is 4.39. The minimum absolute atomic E-state index is 0.00853. The second-order valence-corrected chi connectivity index (χ2v) is 5.98. The first kappa shape index (κ1) is 16.5. The van der Waals surface area contributed by atoms with Gasteiger partial charge in [-0.3, -0.25) is 29.4 Å². The van der Waals surface area contributed by atoms with Gasteiger partial charge in [-0.1, -0.05) is 17.2 Å². The highest BCUT2D eigenvalue weighted by atomic mass is 16.7. The van der Waals surface area contributed by atoms with E-state index in [9.17, 15) is 24.0 Å². The number of carbonyl (C=O) groups excluding carboxylic acids is 3. The Morgan fingerprint density at radius 2 is 1.63 bits per heavy atom. The molecule has 0 radical (unpaired) electrons. The smallest absolute Gasteiger partial charge is 0.329 e. The lowest BCUT2D eigenvalue weighted by atomic mass is 10.1. The number of rotatable bonds is 3. The molecule has 1 aliphatic rings. The summed E-state index contributed by atoms with van der Waals surface area (Å²) in [6, 6.07) is 6.07. The van der Waals surface area contributed by atoms with Crippen molar-refractivity contribution < 1.29 is 19.2 Å². The first-order chi connectivity index (χ1) is 12.9. The van der Waals surface area contributed by atoms with Crippen LogP contribution in [0.25, 0.3) is 11.0 Å². The molecule has 0 spiro atoms. The van der Waals surface area contributed by atoms with Crippen LogP contribution >= 0.6 is 0 Å². The number of imide groups is 1. The van der Waals surface area contributed by atoms with Gasteiger partial charge in [-0.25, -0.2) is 4.79 Å². The van der Waals surface area contributed by atoms with Crippen molar-refractivity contribution in [2.45, 2.75) is 13.3 Å². The molecule has 10 nitrogen and oxygen atoms in total. The van der Waals surface area contributed by atoms with E-state index in [0.29, 0.717) is 10.6 Å². The lowest BCUT2D eigenvalue weighted by molar-refractivity contribution is -0.167. The third-order valence-corrected chi connectivity index (χ3v) is 4.39. The van der Waals surface area contributed by atoms with Crippen LogP contribution in [-0.4, -0.2) is 38.0 Å². The van der Waals surface area contributed by atoms with E-state index < -0.39 is 35.3 Å². The van der Waals surface area contributed by atoms with Crippen LogP contribution in [0.15, 0.2) is 33.9 Å². The molecule has 0 bridgehead atoms. The molecular weight excluding hydrogens is 356 g/mol. The number of nitrogens with zero attached hydrogens (tertiary/aromatic N) is 1. The van der Waals surface area contributed by atoms with E-state index in [2.05, 4.69) is 15.2 Å². The molecule has 136 valence electrons. The zero-order valence-electron chi connectivity index (χ0n) is 13.9. The van der Waals surface area contributed by atoms with Crippen LogP contribution in [0.5, 0.6) is 0 Å². The number of carbonyl (C=O) groups is 3. The minimum atomic E-state index is -0.982. The first-order valence-electron chi connectivity index (χ1n) is 7.89. The molecule has 0 saturated carbocycles. The molecule has 3 heterocycles. The number of aromatic nitrogens is 3. The monoisotopic (exact) mass is 368 g/mol. The summed E-state index contributed by atoms with van der Waals surface area (Å²) >= 11 is 0. The van der Waals surface area contributed by atoms with Crippen molar-refractivity contribution in [3.05, 3.63) is 67.2 Å². The zero-order valence-corrected chi connectivity index (χ0v) is 13.9. The lowest BCUT2D eigenvalue weighted by Crippen LogP contribution is -2.34. The van der Waals surface area contributed by atoms with Gasteiger partial charge >= 0.3 is 5.97 Å². The van der Waals surface area contributed by atoms with Gasteiger partial charge in [0, 0.05) is 5.56 Å². The number of benzene rings is 1. The second kappa shape index (κ2) is 5.80. The highest BCUT2D eigenvalue weighted by Crippen LogP contribution is 2.23. The summed E-state index contributed by atoms with van der Waals surface area (Å²) in [4.78, 5) is 68.1. The maximum atomic E-state index is 12.3. The van der Waals surface area contributed by atoms with Crippen molar-refractivity contribution in [1.82, 2.24) is 20.2 Å². The molecule has 3 N–H and O–H groups in total. The predicted molar refractivity (Wildman–Crippen MR) is 91.0 cm³/mol. The zero-order chi connectivity index (χ0) is 19.3. The fraction of sp³-hybridized carbons (Fsp3) is 0.118. The van der Waals surface area contributed by atoms with E-state index in [1.54, 1.807) is 12.1 Å². The van der Waals surface area contributed by atoms with Gasteiger partial charge in [0.2, 0.25) is 0 Å². The summed E-state index contributed by atoms with van der Waals surface area (Å²) in [5.74, 6) is -2.50. The largest absolute Gasteiger partial charge is 0.337 e. The fourth-order valence-corrected chi connectivity index (χ4v) is 3.06. The molecule has 0 fully saturated rings. The van der Waals surface area contributed by atoms with Crippen molar-refractivity contribution in [2.24, 2.45) is 0 Å². The summed E-state index contributed by atoms with van der Waals surface area (Å²) < 4.78 is 0. The number of pyridine rings is 1. The minimum Gasteiger partial charge on any atom is -0.329 e. The Balaban J connectivity index is 1.61. The number of fused-ring (bicyclic) bond motifs is 2. The predicted octanol–water partition coefficient (Wildman–Crippen LogP) is 0.150. The maximum Gasteiger partial charge on any atom is 0.337 e. The molecule has 27 heavy (non-hydrogen) atoms. The van der Waals surface area contributed by atoms with E-state index in [1.165, 1.54) is 19.1 Å². The van der Waals surface area contributed by atoms with Crippen molar-refractivity contribution in [3.8, 4) is 0 Å². The van der Waals surface area contributed by atoms with Gasteiger partial charge in [-0.15, -0.1) is 0 Å². The average Bonchev–Trinajstić information content (AvgIpc) is 3.12. The van der Waals surface area contributed by atoms with E-state index in [0.717, 1.165) is 0 Å². The van der Waals surface area contributed by atoms with Crippen LogP contribution in [0.2, 0.25) is 0 Å². The summed E-state index contributed by atoms with van der Waals surface area (Å²) in [7, 11) is 0. The number of hydroxylamine groups is 2. The fourth-order valence-electron chi connectivity index (χ4n) is 3.06. The normalized spacial score (nSPS) is 13.3. The third kappa shape index (κ3) is 2.46. The molecule has 10 heteroatoms. The molecule has 0 atom stereocenters. The number of nitrogens with one attached hydrogen (secondary N) is 3. The number of amides is 2. The Kier molecular flexibility index (Phi) is 3.55. The van der Waals surface area contributed by atoms with E-state index in [-0.39, 0.29) is 27.7 Å². The van der Waals surface area contributed by atoms with Crippen molar-refractivity contribution >= 4 is 28.8 Å². The Morgan fingerprint density at radius 1 is 1.00 bits per heavy atom. The molecule has 0 unspecified atom stereocenters. The van der Waals surface area contributed by atoms with Gasteiger partial charge in [0.05, 0.1) is 22.9 Å². The standard InChI is InChI=1S/C17H12N4O6/c1-7-10(14(23)18-13-12(7)15(24)20-19-13)6-11(22)27-21-16(25)8-4-2-3-5-9(8)17(21)26/h2-5H,6H2,1H3,(H3,18,19,20,23,24). The van der Waals surface area contributed by atoms with Crippen LogP contribution in [-0.2, 0) is 16.1 Å². The van der Waals surface area contributed by atoms with Crippen LogP contribution < -0.4 is 11.1 Å². The number of aromatic amines is 3. The van der Waals surface area contributed by atoms with Gasteiger partial charge in [0.25, 0.3) is 22.9 Å². The van der Waals surface area contributed by atoms with Crippen LogP contribution in [0.1, 0.15) is 31.8 Å². The van der Waals surface area contributed by atoms with Gasteiger partial charge < -0.3 is 9.82 Å². The molecular formula is C17H12N4O6. The van der Waals surface area contributed by atoms with Crippen molar-refractivity contribution in [2.75, 3.05) is 0 Å². The Hall–Kier alpha value is -3.95. The molecule has 0 aliphatic carbocycles.